The lowest BCUT2D eigenvalue weighted by Crippen LogP contribution is -2.29. The van der Waals surface area contributed by atoms with Crippen LogP contribution in [0, 0.1) is 0 Å². The van der Waals surface area contributed by atoms with Crippen molar-refractivity contribution in [3.63, 3.8) is 0 Å². The Morgan fingerprint density at radius 3 is 2.43 bits per heavy atom. The number of rotatable bonds is 8. The van der Waals surface area contributed by atoms with Gasteiger partial charge in [-0.05, 0) is 48.4 Å². The third-order valence-corrected chi connectivity index (χ3v) is 7.35. The minimum atomic E-state index is -3.94. The number of hydrogen-bond acceptors (Lipinski definition) is 7. The van der Waals surface area contributed by atoms with Crippen molar-refractivity contribution in [1.82, 2.24) is 0 Å². The Balaban J connectivity index is 1.52. The molecule has 0 fully saturated rings. The first-order valence-corrected chi connectivity index (χ1v) is 12.2. The van der Waals surface area contributed by atoms with Gasteiger partial charge in [0.15, 0.2) is 6.61 Å². The number of ether oxygens (including phenoxy) is 3. The lowest BCUT2D eigenvalue weighted by Gasteiger charge is -2.20. The number of nitrogens with zero attached hydrogens (tertiary/aromatic N) is 1. The molecule has 1 aliphatic heterocycles. The Morgan fingerprint density at radius 2 is 1.66 bits per heavy atom. The number of nitrogens with one attached hydrogen (secondary N) is 1. The van der Waals surface area contributed by atoms with E-state index in [2.05, 4.69) is 5.32 Å². The predicted octanol–water partition coefficient (Wildman–Crippen LogP) is 3.25. The van der Waals surface area contributed by atoms with E-state index in [0.29, 0.717) is 30.1 Å². The zero-order valence-electron chi connectivity index (χ0n) is 19.2. The molecule has 1 N–H and O–H groups in total. The monoisotopic (exact) mass is 496 g/mol. The molecule has 4 rings (SSSR count). The van der Waals surface area contributed by atoms with Gasteiger partial charge in [0.1, 0.15) is 17.1 Å². The van der Waals surface area contributed by atoms with Crippen LogP contribution < -0.4 is 19.1 Å². The molecule has 0 aliphatic carbocycles. The Kier molecular flexibility index (Phi) is 6.92. The number of carbonyl (C=O) groups excluding carboxylic acids is 2. The van der Waals surface area contributed by atoms with E-state index >= 15 is 0 Å². The van der Waals surface area contributed by atoms with Gasteiger partial charge in [-0.15, -0.1) is 0 Å². The Bertz CT molecular complexity index is 1370. The Morgan fingerprint density at radius 1 is 0.943 bits per heavy atom. The number of carbonyl (C=O) groups is 2. The van der Waals surface area contributed by atoms with Gasteiger partial charge in [-0.1, -0.05) is 30.3 Å². The summed E-state index contributed by atoms with van der Waals surface area (Å²) in [7, 11) is -1.11. The van der Waals surface area contributed by atoms with Gasteiger partial charge in [-0.25, -0.2) is 13.2 Å². The maximum Gasteiger partial charge on any atom is 0.342 e. The maximum atomic E-state index is 13.4. The van der Waals surface area contributed by atoms with Gasteiger partial charge in [0.2, 0.25) is 0 Å². The van der Waals surface area contributed by atoms with Crippen molar-refractivity contribution in [3.05, 3.63) is 77.9 Å². The molecule has 182 valence electrons. The smallest absolute Gasteiger partial charge is 0.342 e. The zero-order valence-corrected chi connectivity index (χ0v) is 20.0. The summed E-state index contributed by atoms with van der Waals surface area (Å²) >= 11 is 0. The summed E-state index contributed by atoms with van der Waals surface area (Å²) < 4.78 is 43.6. The van der Waals surface area contributed by atoms with Gasteiger partial charge >= 0.3 is 5.97 Å². The lowest BCUT2D eigenvalue weighted by atomic mass is 10.2. The minimum Gasteiger partial charge on any atom is -0.496 e. The molecule has 3 aromatic rings. The zero-order chi connectivity index (χ0) is 25.0. The summed E-state index contributed by atoms with van der Waals surface area (Å²) in [6, 6.07) is 18.0. The summed E-state index contributed by atoms with van der Waals surface area (Å²) in [5, 5.41) is 2.60. The highest BCUT2D eigenvalue weighted by Gasteiger charge is 2.32. The number of benzene rings is 3. The third kappa shape index (κ3) is 4.92. The van der Waals surface area contributed by atoms with Gasteiger partial charge in [0, 0.05) is 6.54 Å². The van der Waals surface area contributed by atoms with Crippen molar-refractivity contribution >= 4 is 33.3 Å². The molecule has 0 saturated heterocycles. The predicted molar refractivity (Wildman–Crippen MR) is 130 cm³/mol. The molecule has 0 bridgehead atoms. The first kappa shape index (κ1) is 24.1. The van der Waals surface area contributed by atoms with Crippen LogP contribution in [-0.4, -0.2) is 47.7 Å². The van der Waals surface area contributed by atoms with Crippen molar-refractivity contribution in [2.45, 2.75) is 11.3 Å². The number of hydrogen-bond donors (Lipinski definition) is 1. The molecule has 9 nitrogen and oxygen atoms in total. The van der Waals surface area contributed by atoms with E-state index < -0.39 is 28.5 Å². The second-order valence-corrected chi connectivity index (χ2v) is 9.50. The lowest BCUT2D eigenvalue weighted by molar-refractivity contribution is -0.119. The molecule has 0 saturated carbocycles. The average Bonchev–Trinajstić information content (AvgIpc) is 3.32. The number of amides is 1. The minimum absolute atomic E-state index is 0.0829. The van der Waals surface area contributed by atoms with Crippen molar-refractivity contribution < 1.29 is 32.2 Å². The van der Waals surface area contributed by atoms with E-state index in [9.17, 15) is 18.0 Å². The second-order valence-electron chi connectivity index (χ2n) is 7.64. The number of esters is 1. The van der Waals surface area contributed by atoms with Crippen LogP contribution in [0.2, 0.25) is 0 Å². The van der Waals surface area contributed by atoms with Crippen LogP contribution in [0.3, 0.4) is 0 Å². The number of fused-ring (bicyclic) bond motifs is 1. The van der Waals surface area contributed by atoms with Crippen LogP contribution in [0.1, 0.15) is 15.9 Å². The molecule has 35 heavy (non-hydrogen) atoms. The van der Waals surface area contributed by atoms with Crippen molar-refractivity contribution in [2.75, 3.05) is 37.0 Å². The number of sulfonamides is 1. The summed E-state index contributed by atoms with van der Waals surface area (Å²) in [4.78, 5) is 25.0. The van der Waals surface area contributed by atoms with Crippen LogP contribution >= 0.6 is 0 Å². The van der Waals surface area contributed by atoms with Gasteiger partial charge < -0.3 is 19.5 Å². The SMILES string of the molecule is COc1ccccc1NC(=O)COC(=O)c1cc(S(=O)(=O)N2CCc3ccccc32)ccc1OC. The Labute approximate surface area is 203 Å². The van der Waals surface area contributed by atoms with Crippen LogP contribution in [0.4, 0.5) is 11.4 Å². The van der Waals surface area contributed by atoms with E-state index in [-0.39, 0.29) is 16.2 Å². The molecular weight excluding hydrogens is 472 g/mol. The third-order valence-electron chi connectivity index (χ3n) is 5.54. The topological polar surface area (TPSA) is 111 Å². The summed E-state index contributed by atoms with van der Waals surface area (Å²) in [6.45, 7) is -0.285. The van der Waals surface area contributed by atoms with Gasteiger partial charge in [-0.3, -0.25) is 9.10 Å². The number of anilines is 2. The number of para-hydroxylation sites is 3. The average molecular weight is 497 g/mol. The number of methoxy groups -OCH3 is 2. The molecular formula is C25H24N2O7S. The van der Waals surface area contributed by atoms with Crippen LogP contribution in [0.5, 0.6) is 11.5 Å². The van der Waals surface area contributed by atoms with E-state index in [4.69, 9.17) is 14.2 Å². The van der Waals surface area contributed by atoms with E-state index in [1.807, 2.05) is 12.1 Å². The Hall–Kier alpha value is -4.05. The fourth-order valence-corrected chi connectivity index (χ4v) is 5.36. The quantitative estimate of drug-likeness (QED) is 0.477. The standard InChI is InChI=1S/C25H24N2O7S/c1-32-22-12-11-18(35(30,31)27-14-13-17-7-3-5-9-21(17)27)15-19(22)25(29)34-16-24(28)26-20-8-4-6-10-23(20)33-2/h3-12,15H,13-14,16H2,1-2H3,(H,26,28). The highest BCUT2D eigenvalue weighted by Crippen LogP contribution is 2.34. The first-order valence-electron chi connectivity index (χ1n) is 10.7. The highest BCUT2D eigenvalue weighted by molar-refractivity contribution is 7.92. The van der Waals surface area contributed by atoms with Gasteiger partial charge in [0.05, 0.1) is 30.5 Å². The fourth-order valence-electron chi connectivity index (χ4n) is 3.83. The highest BCUT2D eigenvalue weighted by atomic mass is 32.2. The summed E-state index contributed by atoms with van der Waals surface area (Å²) in [5.41, 5.74) is 1.87. The maximum absolute atomic E-state index is 13.4. The molecule has 10 heteroatoms. The molecule has 1 amide bonds. The van der Waals surface area contributed by atoms with E-state index in [0.717, 1.165) is 5.56 Å². The fraction of sp³-hybridized carbons (Fsp3) is 0.200. The first-order chi connectivity index (χ1) is 16.8. The molecule has 1 heterocycles. The molecule has 0 unspecified atom stereocenters. The summed E-state index contributed by atoms with van der Waals surface area (Å²) in [6.07, 6.45) is 0.599. The van der Waals surface area contributed by atoms with Gasteiger partial charge in [0.25, 0.3) is 15.9 Å². The van der Waals surface area contributed by atoms with Crippen LogP contribution in [-0.2, 0) is 26.0 Å². The largest absolute Gasteiger partial charge is 0.496 e. The van der Waals surface area contributed by atoms with Crippen LogP contribution in [0.15, 0.2) is 71.6 Å². The van der Waals surface area contributed by atoms with Crippen LogP contribution in [0.25, 0.3) is 0 Å². The molecule has 3 aromatic carbocycles. The van der Waals surface area contributed by atoms with Gasteiger partial charge in [-0.2, -0.15) is 0 Å². The van der Waals surface area contributed by atoms with E-state index in [1.165, 1.54) is 36.7 Å². The summed E-state index contributed by atoms with van der Waals surface area (Å²) in [5.74, 6) is -0.897. The molecule has 1 aliphatic rings. The van der Waals surface area contributed by atoms with Crippen molar-refractivity contribution in [1.29, 1.82) is 0 Å². The molecule has 0 atom stereocenters. The second kappa shape index (κ2) is 10.1. The molecule has 0 aromatic heterocycles. The van der Waals surface area contributed by atoms with Crippen molar-refractivity contribution in [2.24, 2.45) is 0 Å². The normalized spacial score (nSPS) is 12.6. The van der Waals surface area contributed by atoms with E-state index in [1.54, 1.807) is 36.4 Å². The van der Waals surface area contributed by atoms with Crippen molar-refractivity contribution in [3.8, 4) is 11.5 Å². The molecule has 0 spiro atoms. The molecule has 0 radical (unpaired) electrons.